The molecule has 0 atom stereocenters. The van der Waals surface area contributed by atoms with Crippen LogP contribution in [0.5, 0.6) is 0 Å². The van der Waals surface area contributed by atoms with E-state index >= 15 is 0 Å². The number of para-hydroxylation sites is 1. The van der Waals surface area contributed by atoms with Crippen LogP contribution in [0.15, 0.2) is 57.6 Å². The zero-order valence-corrected chi connectivity index (χ0v) is 19.9. The van der Waals surface area contributed by atoms with E-state index in [2.05, 4.69) is 15.0 Å². The van der Waals surface area contributed by atoms with Crippen LogP contribution in [0.4, 0.5) is 0 Å². The van der Waals surface area contributed by atoms with Crippen molar-refractivity contribution in [2.45, 2.75) is 13.5 Å². The number of nitrogens with zero attached hydrogens (tertiary/aromatic N) is 6. The van der Waals surface area contributed by atoms with E-state index in [-0.39, 0.29) is 11.3 Å². The van der Waals surface area contributed by atoms with Gasteiger partial charge in [-0.25, -0.2) is 9.67 Å². The van der Waals surface area contributed by atoms with Crippen molar-refractivity contribution in [3.05, 3.63) is 90.7 Å². The van der Waals surface area contributed by atoms with E-state index in [1.807, 2.05) is 11.4 Å². The van der Waals surface area contributed by atoms with Crippen molar-refractivity contribution in [3.63, 3.8) is 0 Å². The van der Waals surface area contributed by atoms with Crippen LogP contribution in [0.1, 0.15) is 21.9 Å². The average Bonchev–Trinajstić information content (AvgIpc) is 3.29. The molecule has 0 radical (unpaired) electrons. The SMILES string of the molecule is Cc1cc(=O)c(C(=O)N2CCN(Cc3cc(=O)n4ccsc4n3)CC2)nn1-c1ccccc1Cl. The van der Waals surface area contributed by atoms with Crippen molar-refractivity contribution in [3.8, 4) is 5.69 Å². The molecule has 9 nitrogen and oxygen atoms in total. The smallest absolute Gasteiger partial charge is 0.278 e. The summed E-state index contributed by atoms with van der Waals surface area (Å²) < 4.78 is 3.05. The fourth-order valence-electron chi connectivity index (χ4n) is 4.02. The second-order valence-corrected chi connectivity index (χ2v) is 9.35. The van der Waals surface area contributed by atoms with Gasteiger partial charge in [0.2, 0.25) is 5.43 Å². The number of benzene rings is 1. The van der Waals surface area contributed by atoms with Crippen LogP contribution in [0.25, 0.3) is 10.6 Å². The highest BCUT2D eigenvalue weighted by Crippen LogP contribution is 2.20. The van der Waals surface area contributed by atoms with Crippen LogP contribution in [0, 0.1) is 6.92 Å². The summed E-state index contributed by atoms with van der Waals surface area (Å²) in [5.74, 6) is -0.401. The number of rotatable bonds is 4. The Hall–Kier alpha value is -3.34. The van der Waals surface area contributed by atoms with Gasteiger partial charge >= 0.3 is 0 Å². The van der Waals surface area contributed by atoms with Gasteiger partial charge in [-0.3, -0.25) is 23.7 Å². The summed E-state index contributed by atoms with van der Waals surface area (Å²) in [6.45, 7) is 4.36. The number of amides is 1. The van der Waals surface area contributed by atoms with E-state index < -0.39 is 11.3 Å². The Balaban J connectivity index is 1.31. The van der Waals surface area contributed by atoms with E-state index in [4.69, 9.17) is 11.6 Å². The highest BCUT2D eigenvalue weighted by Gasteiger charge is 2.26. The van der Waals surface area contributed by atoms with Gasteiger partial charge in [0.1, 0.15) is 0 Å². The molecule has 0 N–H and O–H groups in total. The van der Waals surface area contributed by atoms with Gasteiger partial charge < -0.3 is 4.90 Å². The van der Waals surface area contributed by atoms with Crippen molar-refractivity contribution in [2.24, 2.45) is 0 Å². The van der Waals surface area contributed by atoms with Crippen molar-refractivity contribution in [2.75, 3.05) is 26.2 Å². The van der Waals surface area contributed by atoms with Gasteiger partial charge in [0, 0.05) is 62.1 Å². The third-order valence-corrected chi connectivity index (χ3v) is 6.87. The summed E-state index contributed by atoms with van der Waals surface area (Å²) in [4.78, 5) is 47.0. The first-order valence-electron chi connectivity index (χ1n) is 10.7. The number of fused-ring (bicyclic) bond motifs is 1. The maximum atomic E-state index is 13.2. The summed E-state index contributed by atoms with van der Waals surface area (Å²) in [5, 5.41) is 6.67. The van der Waals surface area contributed by atoms with Gasteiger partial charge in [-0.1, -0.05) is 23.7 Å². The number of hydrogen-bond donors (Lipinski definition) is 0. The van der Waals surface area contributed by atoms with Gasteiger partial charge in [-0.05, 0) is 19.1 Å². The molecule has 1 amide bonds. The highest BCUT2D eigenvalue weighted by molar-refractivity contribution is 7.15. The lowest BCUT2D eigenvalue weighted by Crippen LogP contribution is -2.49. The maximum Gasteiger partial charge on any atom is 0.278 e. The second kappa shape index (κ2) is 9.13. The number of aryl methyl sites for hydroxylation is 1. The number of thiazole rings is 1. The minimum absolute atomic E-state index is 0.102. The zero-order valence-electron chi connectivity index (χ0n) is 18.3. The van der Waals surface area contributed by atoms with Crippen LogP contribution >= 0.6 is 22.9 Å². The average molecular weight is 497 g/mol. The minimum Gasteiger partial charge on any atom is -0.335 e. The molecule has 1 aromatic carbocycles. The molecule has 5 rings (SSSR count). The number of hydrogen-bond acceptors (Lipinski definition) is 7. The molecule has 0 bridgehead atoms. The second-order valence-electron chi connectivity index (χ2n) is 8.07. The molecule has 11 heteroatoms. The molecule has 0 aliphatic carbocycles. The molecule has 4 aromatic rings. The predicted octanol–water partition coefficient (Wildman–Crippen LogP) is 2.22. The Labute approximate surface area is 203 Å². The monoisotopic (exact) mass is 496 g/mol. The Morgan fingerprint density at radius 3 is 2.65 bits per heavy atom. The summed E-state index contributed by atoms with van der Waals surface area (Å²) in [7, 11) is 0. The lowest BCUT2D eigenvalue weighted by Gasteiger charge is -2.34. The fraction of sp³-hybridized carbons (Fsp3) is 0.261. The van der Waals surface area contributed by atoms with Crippen LogP contribution in [0.3, 0.4) is 0 Å². The first-order chi connectivity index (χ1) is 16.4. The number of halogens is 1. The Morgan fingerprint density at radius 1 is 1.12 bits per heavy atom. The molecule has 3 aromatic heterocycles. The zero-order chi connectivity index (χ0) is 23.8. The summed E-state index contributed by atoms with van der Waals surface area (Å²) in [6, 6.07) is 10.1. The largest absolute Gasteiger partial charge is 0.335 e. The van der Waals surface area contributed by atoms with E-state index in [0.29, 0.717) is 59.8 Å². The highest BCUT2D eigenvalue weighted by atomic mass is 35.5. The lowest BCUT2D eigenvalue weighted by molar-refractivity contribution is 0.0618. The third kappa shape index (κ3) is 4.27. The normalized spacial score (nSPS) is 14.6. The first-order valence-corrected chi connectivity index (χ1v) is 12.0. The molecule has 0 saturated carbocycles. The number of aromatic nitrogens is 4. The van der Waals surface area contributed by atoms with Crippen LogP contribution < -0.4 is 11.0 Å². The van der Waals surface area contributed by atoms with Crippen molar-refractivity contribution in [1.29, 1.82) is 0 Å². The number of piperazine rings is 1. The van der Waals surface area contributed by atoms with Crippen LogP contribution in [-0.4, -0.2) is 61.1 Å². The number of carbonyl (C=O) groups excluding carboxylic acids is 1. The molecule has 1 aliphatic heterocycles. The summed E-state index contributed by atoms with van der Waals surface area (Å²) in [5.41, 5.74) is 1.25. The molecule has 174 valence electrons. The van der Waals surface area contributed by atoms with Gasteiger partial charge in [-0.2, -0.15) is 5.10 Å². The van der Waals surface area contributed by atoms with Gasteiger partial charge in [-0.15, -0.1) is 11.3 Å². The van der Waals surface area contributed by atoms with Crippen molar-refractivity contribution < 1.29 is 4.79 Å². The summed E-state index contributed by atoms with van der Waals surface area (Å²) >= 11 is 7.72. The molecule has 34 heavy (non-hydrogen) atoms. The molecule has 0 unspecified atom stereocenters. The molecule has 4 heterocycles. The standard InChI is InChI=1S/C23H21ClN6O3S/c1-15-12-19(31)21(26-30(15)18-5-3-2-4-17(18)24)22(33)28-8-6-27(7-9-28)14-16-13-20(32)29-10-11-34-23(29)25-16/h2-5,10-13H,6-9,14H2,1H3. The van der Waals surface area contributed by atoms with E-state index in [1.54, 1.807) is 42.3 Å². The minimum atomic E-state index is -0.415. The van der Waals surface area contributed by atoms with Crippen molar-refractivity contribution >= 4 is 33.8 Å². The van der Waals surface area contributed by atoms with E-state index in [9.17, 15) is 14.4 Å². The number of carbonyl (C=O) groups is 1. The molecule has 1 fully saturated rings. The van der Waals surface area contributed by atoms with E-state index in [1.165, 1.54) is 26.5 Å². The Bertz CT molecular complexity index is 1500. The third-order valence-electron chi connectivity index (χ3n) is 5.79. The van der Waals surface area contributed by atoms with Gasteiger partial charge in [0.25, 0.3) is 11.5 Å². The predicted molar refractivity (Wildman–Crippen MR) is 130 cm³/mol. The molecule has 1 saturated heterocycles. The quantitative estimate of drug-likeness (QED) is 0.430. The molecular weight excluding hydrogens is 476 g/mol. The maximum absolute atomic E-state index is 13.2. The molecule has 1 aliphatic rings. The Kier molecular flexibility index (Phi) is 6.03. The summed E-state index contributed by atoms with van der Waals surface area (Å²) in [6.07, 6.45) is 1.71. The van der Waals surface area contributed by atoms with Gasteiger partial charge in [0.05, 0.1) is 16.4 Å². The fourth-order valence-corrected chi connectivity index (χ4v) is 4.97. The Morgan fingerprint density at radius 2 is 1.88 bits per heavy atom. The molecular formula is C23H21ClN6O3S. The van der Waals surface area contributed by atoms with Gasteiger partial charge in [0.15, 0.2) is 10.7 Å². The van der Waals surface area contributed by atoms with Crippen LogP contribution in [-0.2, 0) is 6.54 Å². The lowest BCUT2D eigenvalue weighted by atomic mass is 10.2. The topological polar surface area (TPSA) is 92.8 Å². The van der Waals surface area contributed by atoms with E-state index in [0.717, 1.165) is 0 Å². The molecule has 0 spiro atoms. The first kappa shape index (κ1) is 22.5. The van der Waals surface area contributed by atoms with Crippen molar-refractivity contribution in [1.82, 2.24) is 29.0 Å². The van der Waals surface area contributed by atoms with Crippen LogP contribution in [0.2, 0.25) is 5.02 Å².